The van der Waals surface area contributed by atoms with E-state index in [9.17, 15) is 21.6 Å². The molecule has 7 nitrogen and oxygen atoms in total. The molecule has 0 spiro atoms. The van der Waals surface area contributed by atoms with Crippen molar-refractivity contribution < 1.29 is 26.7 Å². The van der Waals surface area contributed by atoms with Crippen LogP contribution < -0.4 is 4.72 Å². The van der Waals surface area contributed by atoms with Gasteiger partial charge in [0, 0.05) is 6.54 Å². The first kappa shape index (κ1) is 16.4. The molecule has 1 aliphatic rings. The molecule has 1 unspecified atom stereocenters. The lowest BCUT2D eigenvalue weighted by Gasteiger charge is -2.23. The van der Waals surface area contributed by atoms with Crippen molar-refractivity contribution in [1.29, 1.82) is 0 Å². The van der Waals surface area contributed by atoms with E-state index in [-0.39, 0.29) is 30.9 Å². The first-order chi connectivity index (χ1) is 8.68. The molecule has 112 valence electrons. The minimum Gasteiger partial charge on any atom is -0.481 e. The van der Waals surface area contributed by atoms with E-state index in [1.807, 2.05) is 0 Å². The molecule has 0 saturated carbocycles. The number of rotatable bonds is 6. The van der Waals surface area contributed by atoms with Crippen LogP contribution in [0.25, 0.3) is 0 Å². The normalized spacial score (nSPS) is 21.9. The highest BCUT2D eigenvalue weighted by Gasteiger charge is 2.33. The van der Waals surface area contributed by atoms with Crippen LogP contribution in [0.1, 0.15) is 26.2 Å². The van der Waals surface area contributed by atoms with Crippen molar-refractivity contribution in [3.8, 4) is 0 Å². The Kier molecular flexibility index (Phi) is 5.34. The summed E-state index contributed by atoms with van der Waals surface area (Å²) in [5, 5.41) is 8.09. The summed E-state index contributed by atoms with van der Waals surface area (Å²) in [6.07, 6.45) is 0.472. The molecule has 2 N–H and O–H groups in total. The predicted octanol–water partition coefficient (Wildman–Crippen LogP) is -0.406. The third-order valence-electron chi connectivity index (χ3n) is 3.31. The van der Waals surface area contributed by atoms with Crippen LogP contribution >= 0.6 is 0 Å². The Morgan fingerprint density at radius 3 is 2.32 bits per heavy atom. The van der Waals surface area contributed by atoms with Gasteiger partial charge in [-0.3, -0.25) is 4.79 Å². The highest BCUT2D eigenvalue weighted by atomic mass is 32.2. The number of carboxylic acids is 1. The number of nitrogens with one attached hydrogen (secondary N) is 1. The Morgan fingerprint density at radius 2 is 1.89 bits per heavy atom. The monoisotopic (exact) mass is 313 g/mol. The van der Waals surface area contributed by atoms with Crippen molar-refractivity contribution in [2.75, 3.05) is 18.1 Å². The van der Waals surface area contributed by atoms with Gasteiger partial charge in [0.1, 0.15) is 9.84 Å². The molecular weight excluding hydrogens is 294 g/mol. The highest BCUT2D eigenvalue weighted by Crippen LogP contribution is 2.18. The van der Waals surface area contributed by atoms with E-state index in [1.54, 1.807) is 6.92 Å². The average Bonchev–Trinajstić information content (AvgIpc) is 2.28. The molecule has 1 aliphatic heterocycles. The molecular formula is C10H19NO6S2. The molecule has 19 heavy (non-hydrogen) atoms. The molecule has 9 heteroatoms. The number of aliphatic carboxylic acids is 1. The second kappa shape index (κ2) is 6.19. The third-order valence-corrected chi connectivity index (χ3v) is 6.95. The fourth-order valence-electron chi connectivity index (χ4n) is 1.92. The average molecular weight is 313 g/mol. The fraction of sp³-hybridized carbons (Fsp3) is 0.900. The second-order valence-electron chi connectivity index (χ2n) is 4.69. The summed E-state index contributed by atoms with van der Waals surface area (Å²) in [5.41, 5.74) is 0. The van der Waals surface area contributed by atoms with Gasteiger partial charge in [-0.15, -0.1) is 0 Å². The molecule has 0 aromatic heterocycles. The Morgan fingerprint density at radius 1 is 1.37 bits per heavy atom. The molecule has 0 aromatic carbocycles. The quantitative estimate of drug-likeness (QED) is 0.688. The standard InChI is InChI=1S/C10H19NO6S2/c1-2-8(10(12)13)7-11-19(16,17)9-3-5-18(14,15)6-4-9/h8-9,11H,2-7H2,1H3,(H,12,13). The van der Waals surface area contributed by atoms with Gasteiger partial charge < -0.3 is 5.11 Å². The summed E-state index contributed by atoms with van der Waals surface area (Å²) in [6, 6.07) is 0. The van der Waals surface area contributed by atoms with Crippen molar-refractivity contribution >= 4 is 25.8 Å². The Balaban J connectivity index is 2.60. The lowest BCUT2D eigenvalue weighted by atomic mass is 10.1. The van der Waals surface area contributed by atoms with Crippen molar-refractivity contribution in [3.05, 3.63) is 0 Å². The fourth-order valence-corrected chi connectivity index (χ4v) is 5.23. The van der Waals surface area contributed by atoms with Crippen LogP contribution in [0.2, 0.25) is 0 Å². The van der Waals surface area contributed by atoms with Crippen LogP contribution in [0.5, 0.6) is 0 Å². The molecule has 0 amide bonds. The van der Waals surface area contributed by atoms with E-state index in [1.165, 1.54) is 0 Å². The minimum atomic E-state index is -3.65. The number of sulfone groups is 1. The van der Waals surface area contributed by atoms with Crippen LogP contribution in [0.3, 0.4) is 0 Å². The van der Waals surface area contributed by atoms with Gasteiger partial charge in [0.05, 0.1) is 22.7 Å². The summed E-state index contributed by atoms with van der Waals surface area (Å²) in [7, 11) is -6.76. The Bertz CT molecular complexity index is 510. The number of hydrogen-bond acceptors (Lipinski definition) is 5. The maximum absolute atomic E-state index is 11.9. The number of hydrogen-bond donors (Lipinski definition) is 2. The SMILES string of the molecule is CCC(CNS(=O)(=O)C1CCS(=O)(=O)CC1)C(=O)O. The molecule has 0 bridgehead atoms. The van der Waals surface area contributed by atoms with Gasteiger partial charge >= 0.3 is 5.97 Å². The van der Waals surface area contributed by atoms with Crippen molar-refractivity contribution in [2.45, 2.75) is 31.4 Å². The van der Waals surface area contributed by atoms with Crippen molar-refractivity contribution in [2.24, 2.45) is 5.92 Å². The third kappa shape index (κ3) is 4.73. The van der Waals surface area contributed by atoms with Crippen LogP contribution in [0, 0.1) is 5.92 Å². The van der Waals surface area contributed by atoms with Crippen LogP contribution in [-0.4, -0.2) is 51.2 Å². The van der Waals surface area contributed by atoms with Crippen LogP contribution in [0.15, 0.2) is 0 Å². The molecule has 0 aromatic rings. The summed E-state index contributed by atoms with van der Waals surface area (Å²) in [5.74, 6) is -2.07. The number of carbonyl (C=O) groups is 1. The second-order valence-corrected chi connectivity index (χ2v) is 9.04. The lowest BCUT2D eigenvalue weighted by Crippen LogP contribution is -2.42. The largest absolute Gasteiger partial charge is 0.481 e. The summed E-state index contributed by atoms with van der Waals surface area (Å²) < 4.78 is 48.6. The summed E-state index contributed by atoms with van der Waals surface area (Å²) in [6.45, 7) is 1.51. The minimum absolute atomic E-state index is 0.0710. The summed E-state index contributed by atoms with van der Waals surface area (Å²) in [4.78, 5) is 10.8. The van der Waals surface area contributed by atoms with E-state index in [0.29, 0.717) is 6.42 Å². The Labute approximate surface area is 113 Å². The first-order valence-electron chi connectivity index (χ1n) is 6.09. The van der Waals surface area contributed by atoms with Gasteiger partial charge in [-0.2, -0.15) is 0 Å². The van der Waals surface area contributed by atoms with Crippen molar-refractivity contribution in [1.82, 2.24) is 4.72 Å². The van der Waals surface area contributed by atoms with Gasteiger partial charge in [0.25, 0.3) is 0 Å². The lowest BCUT2D eigenvalue weighted by molar-refractivity contribution is -0.141. The molecule has 1 rings (SSSR count). The first-order valence-corrected chi connectivity index (χ1v) is 9.46. The number of carboxylic acid groups (broad SMARTS) is 1. The maximum atomic E-state index is 11.9. The molecule has 1 atom stereocenters. The molecule has 1 saturated heterocycles. The van der Waals surface area contributed by atoms with Crippen LogP contribution in [-0.2, 0) is 24.7 Å². The van der Waals surface area contributed by atoms with Gasteiger partial charge in [-0.1, -0.05) is 6.92 Å². The van der Waals surface area contributed by atoms with Crippen LogP contribution in [0.4, 0.5) is 0 Å². The Hall–Kier alpha value is -0.670. The molecule has 1 heterocycles. The van der Waals surface area contributed by atoms with Gasteiger partial charge in [0.15, 0.2) is 0 Å². The van der Waals surface area contributed by atoms with Gasteiger partial charge in [-0.25, -0.2) is 21.6 Å². The highest BCUT2D eigenvalue weighted by molar-refractivity contribution is 7.92. The zero-order valence-corrected chi connectivity index (χ0v) is 12.3. The van der Waals surface area contributed by atoms with E-state index in [2.05, 4.69) is 4.72 Å². The predicted molar refractivity (Wildman–Crippen MR) is 70.0 cm³/mol. The number of sulfonamides is 1. The van der Waals surface area contributed by atoms with Crippen molar-refractivity contribution in [3.63, 3.8) is 0 Å². The zero-order valence-electron chi connectivity index (χ0n) is 10.7. The zero-order chi connectivity index (χ0) is 14.7. The summed E-state index contributed by atoms with van der Waals surface area (Å²) >= 11 is 0. The van der Waals surface area contributed by atoms with E-state index in [0.717, 1.165) is 0 Å². The molecule has 1 fully saturated rings. The molecule has 0 radical (unpaired) electrons. The van der Waals surface area contributed by atoms with E-state index in [4.69, 9.17) is 5.11 Å². The topological polar surface area (TPSA) is 118 Å². The van der Waals surface area contributed by atoms with E-state index < -0.39 is 37.0 Å². The smallest absolute Gasteiger partial charge is 0.307 e. The van der Waals surface area contributed by atoms with Gasteiger partial charge in [0.2, 0.25) is 10.0 Å². The molecule has 0 aliphatic carbocycles. The maximum Gasteiger partial charge on any atom is 0.307 e. The van der Waals surface area contributed by atoms with Gasteiger partial charge in [-0.05, 0) is 19.3 Å². The van der Waals surface area contributed by atoms with E-state index >= 15 is 0 Å².